The molecule has 5 nitrogen and oxygen atoms in total. The monoisotopic (exact) mass is 278 g/mol. The zero-order valence-corrected chi connectivity index (χ0v) is 12.6. The Bertz CT molecular complexity index is 421. The molecule has 1 aliphatic heterocycles. The molecule has 1 saturated heterocycles. The molecule has 112 valence electrons. The van der Waals surface area contributed by atoms with E-state index in [1.54, 1.807) is 6.20 Å². The van der Waals surface area contributed by atoms with Crippen molar-refractivity contribution in [2.75, 3.05) is 26.2 Å². The van der Waals surface area contributed by atoms with Crippen molar-refractivity contribution in [2.24, 2.45) is 0 Å². The van der Waals surface area contributed by atoms with Crippen molar-refractivity contribution in [3.63, 3.8) is 0 Å². The number of amides is 1. The molecule has 1 aliphatic rings. The van der Waals surface area contributed by atoms with Gasteiger partial charge >= 0.3 is 0 Å². The van der Waals surface area contributed by atoms with E-state index >= 15 is 0 Å². The van der Waals surface area contributed by atoms with E-state index in [-0.39, 0.29) is 11.9 Å². The van der Waals surface area contributed by atoms with Gasteiger partial charge < -0.3 is 14.8 Å². The highest BCUT2D eigenvalue weighted by Crippen LogP contribution is 2.10. The van der Waals surface area contributed by atoms with Gasteiger partial charge in [0.05, 0.1) is 0 Å². The van der Waals surface area contributed by atoms with Crippen LogP contribution >= 0.6 is 0 Å². The molecular formula is C15H26N4O. The maximum Gasteiger partial charge on any atom is 0.242 e. The summed E-state index contributed by atoms with van der Waals surface area (Å²) in [6, 6.07) is -0.193. The van der Waals surface area contributed by atoms with E-state index in [4.69, 9.17) is 0 Å². The fourth-order valence-electron chi connectivity index (χ4n) is 2.77. The van der Waals surface area contributed by atoms with Crippen LogP contribution in [0.4, 0.5) is 0 Å². The first-order chi connectivity index (χ1) is 9.68. The lowest BCUT2D eigenvalue weighted by atomic mass is 10.2. The molecule has 0 spiro atoms. The Hall–Kier alpha value is -1.36. The van der Waals surface area contributed by atoms with Crippen LogP contribution in [0, 0.1) is 6.92 Å². The molecule has 0 saturated carbocycles. The normalized spacial score (nSPS) is 18.5. The number of nitrogens with one attached hydrogen (secondary N) is 1. The van der Waals surface area contributed by atoms with Gasteiger partial charge in [0.1, 0.15) is 11.9 Å². The Morgan fingerprint density at radius 3 is 2.65 bits per heavy atom. The number of carbonyl (C=O) groups excluding carboxylic acids is 1. The van der Waals surface area contributed by atoms with Crippen LogP contribution < -0.4 is 5.32 Å². The van der Waals surface area contributed by atoms with Crippen molar-refractivity contribution in [1.29, 1.82) is 0 Å². The van der Waals surface area contributed by atoms with Crippen LogP contribution in [0.1, 0.15) is 44.5 Å². The molecule has 1 atom stereocenters. The van der Waals surface area contributed by atoms with Crippen molar-refractivity contribution < 1.29 is 4.79 Å². The van der Waals surface area contributed by atoms with Gasteiger partial charge in [0.25, 0.3) is 0 Å². The summed E-state index contributed by atoms with van der Waals surface area (Å²) in [7, 11) is 0. The van der Waals surface area contributed by atoms with Crippen molar-refractivity contribution in [3.05, 3.63) is 18.2 Å². The molecule has 2 heterocycles. The predicted octanol–water partition coefficient (Wildman–Crippen LogP) is 1.74. The van der Waals surface area contributed by atoms with Gasteiger partial charge in [-0.05, 0) is 39.8 Å². The first kappa shape index (κ1) is 15.0. The molecule has 1 aromatic heterocycles. The summed E-state index contributed by atoms with van der Waals surface area (Å²) in [6.07, 6.45) is 8.86. The van der Waals surface area contributed by atoms with Crippen LogP contribution in [-0.2, 0) is 4.79 Å². The summed E-state index contributed by atoms with van der Waals surface area (Å²) in [6.45, 7) is 7.87. The largest absolute Gasteiger partial charge is 0.353 e. The number of hydrogen-bond acceptors (Lipinski definition) is 3. The van der Waals surface area contributed by atoms with Crippen molar-refractivity contribution in [1.82, 2.24) is 19.8 Å². The number of hydrogen-bond donors (Lipinski definition) is 1. The lowest BCUT2D eigenvalue weighted by molar-refractivity contribution is -0.123. The predicted molar refractivity (Wildman–Crippen MR) is 79.6 cm³/mol. The maximum absolute atomic E-state index is 12.1. The first-order valence-electron chi connectivity index (χ1n) is 7.68. The summed E-state index contributed by atoms with van der Waals surface area (Å²) >= 11 is 0. The molecular weight excluding hydrogens is 252 g/mol. The van der Waals surface area contributed by atoms with E-state index < -0.39 is 0 Å². The van der Waals surface area contributed by atoms with Crippen LogP contribution in [0.25, 0.3) is 0 Å². The van der Waals surface area contributed by atoms with Gasteiger partial charge in [-0.15, -0.1) is 0 Å². The van der Waals surface area contributed by atoms with E-state index in [1.165, 1.54) is 38.8 Å². The minimum Gasteiger partial charge on any atom is -0.353 e. The second kappa shape index (κ2) is 7.43. The van der Waals surface area contributed by atoms with Gasteiger partial charge in [-0.3, -0.25) is 4.79 Å². The fourth-order valence-corrected chi connectivity index (χ4v) is 2.77. The molecule has 1 aromatic rings. The van der Waals surface area contributed by atoms with Gasteiger partial charge in [-0.2, -0.15) is 0 Å². The quantitative estimate of drug-likeness (QED) is 0.892. The second-order valence-corrected chi connectivity index (χ2v) is 5.60. The first-order valence-corrected chi connectivity index (χ1v) is 7.68. The summed E-state index contributed by atoms with van der Waals surface area (Å²) in [5.74, 6) is 0.945. The van der Waals surface area contributed by atoms with Crippen molar-refractivity contribution in [3.8, 4) is 0 Å². The van der Waals surface area contributed by atoms with E-state index in [0.717, 1.165) is 18.9 Å². The third kappa shape index (κ3) is 4.07. The molecule has 0 aromatic carbocycles. The highest BCUT2D eigenvalue weighted by atomic mass is 16.2. The summed E-state index contributed by atoms with van der Waals surface area (Å²) in [5, 5.41) is 3.04. The van der Waals surface area contributed by atoms with Crippen LogP contribution in [0.2, 0.25) is 0 Å². The van der Waals surface area contributed by atoms with Gasteiger partial charge in [-0.25, -0.2) is 4.98 Å². The zero-order valence-electron chi connectivity index (χ0n) is 12.6. The highest BCUT2D eigenvalue weighted by Gasteiger charge is 2.16. The molecule has 0 radical (unpaired) electrons. The minimum atomic E-state index is -0.193. The molecule has 5 heteroatoms. The number of aromatic nitrogens is 2. The Balaban J connectivity index is 1.73. The summed E-state index contributed by atoms with van der Waals surface area (Å²) < 4.78 is 1.90. The van der Waals surface area contributed by atoms with Gasteiger partial charge in [0.2, 0.25) is 5.91 Å². The van der Waals surface area contributed by atoms with E-state index in [2.05, 4.69) is 15.2 Å². The number of aryl methyl sites for hydroxylation is 1. The minimum absolute atomic E-state index is 0.0703. The molecule has 20 heavy (non-hydrogen) atoms. The van der Waals surface area contributed by atoms with E-state index in [0.29, 0.717) is 0 Å². The zero-order chi connectivity index (χ0) is 14.4. The van der Waals surface area contributed by atoms with Gasteiger partial charge in [0, 0.05) is 25.5 Å². The number of rotatable bonds is 5. The van der Waals surface area contributed by atoms with Gasteiger partial charge in [-0.1, -0.05) is 12.8 Å². The standard InChI is InChI=1S/C15H26N4O/c1-13(19-12-8-16-14(19)2)15(20)17-7-11-18-9-5-3-4-6-10-18/h8,12-13H,3-7,9-11H2,1-2H3,(H,17,20)/t13-/m0/s1. The maximum atomic E-state index is 12.1. The number of imidazole rings is 1. The molecule has 1 fully saturated rings. The SMILES string of the molecule is Cc1nccn1[C@@H](C)C(=O)NCCN1CCCCCC1. The molecule has 0 bridgehead atoms. The van der Waals surface area contributed by atoms with E-state index in [1.807, 2.05) is 24.6 Å². The topological polar surface area (TPSA) is 50.2 Å². The van der Waals surface area contributed by atoms with Crippen LogP contribution in [0.15, 0.2) is 12.4 Å². The lowest BCUT2D eigenvalue weighted by Crippen LogP contribution is -2.38. The second-order valence-electron chi connectivity index (χ2n) is 5.60. The molecule has 1 N–H and O–H groups in total. The molecule has 0 unspecified atom stereocenters. The van der Waals surface area contributed by atoms with Crippen molar-refractivity contribution in [2.45, 2.75) is 45.6 Å². The Labute approximate surface area is 121 Å². The summed E-state index contributed by atoms with van der Waals surface area (Å²) in [5.41, 5.74) is 0. The molecule has 2 rings (SSSR count). The molecule has 0 aliphatic carbocycles. The van der Waals surface area contributed by atoms with Gasteiger partial charge in [0.15, 0.2) is 0 Å². The number of likely N-dealkylation sites (tertiary alicyclic amines) is 1. The van der Waals surface area contributed by atoms with Crippen molar-refractivity contribution >= 4 is 5.91 Å². The Morgan fingerprint density at radius 2 is 2.05 bits per heavy atom. The summed E-state index contributed by atoms with van der Waals surface area (Å²) in [4.78, 5) is 18.7. The Kier molecular flexibility index (Phi) is 5.59. The lowest BCUT2D eigenvalue weighted by Gasteiger charge is -2.21. The number of nitrogens with zero attached hydrogens (tertiary/aromatic N) is 3. The highest BCUT2D eigenvalue weighted by molar-refractivity contribution is 5.79. The Morgan fingerprint density at radius 1 is 1.35 bits per heavy atom. The van der Waals surface area contributed by atoms with Crippen LogP contribution in [0.5, 0.6) is 0 Å². The average Bonchev–Trinajstić information content (AvgIpc) is 2.71. The third-order valence-corrected chi connectivity index (χ3v) is 4.08. The van der Waals surface area contributed by atoms with Crippen LogP contribution in [0.3, 0.4) is 0 Å². The third-order valence-electron chi connectivity index (χ3n) is 4.08. The van der Waals surface area contributed by atoms with Crippen LogP contribution in [-0.4, -0.2) is 46.5 Å². The average molecular weight is 278 g/mol. The molecule has 1 amide bonds. The number of carbonyl (C=O) groups is 1. The smallest absolute Gasteiger partial charge is 0.242 e. The van der Waals surface area contributed by atoms with E-state index in [9.17, 15) is 4.79 Å². The fraction of sp³-hybridized carbons (Fsp3) is 0.733.